The van der Waals surface area contributed by atoms with E-state index < -0.39 is 0 Å². The fourth-order valence-corrected chi connectivity index (χ4v) is 2.83. The molecule has 1 aromatic rings. The molecule has 0 N–H and O–H groups in total. The standard InChI is InChI=1S/C16H21NO3.ClH/c18-14(7-10-17-8-3-1-2-4-9-17)13-5-6-15-16(11-13)20-12-19-15;/h5-6,11H,1-4,7-10,12H2;1H/p-1. The van der Waals surface area contributed by atoms with Crippen LogP contribution in [0.15, 0.2) is 18.2 Å². The van der Waals surface area contributed by atoms with Crippen LogP contribution in [0.2, 0.25) is 0 Å². The van der Waals surface area contributed by atoms with Gasteiger partial charge in [-0.05, 0) is 44.1 Å². The van der Waals surface area contributed by atoms with Crippen molar-refractivity contribution in [3.05, 3.63) is 23.8 Å². The van der Waals surface area contributed by atoms with Gasteiger partial charge in [0, 0.05) is 18.5 Å². The van der Waals surface area contributed by atoms with Crippen LogP contribution in [0.5, 0.6) is 11.5 Å². The lowest BCUT2D eigenvalue weighted by atomic mass is 10.1. The van der Waals surface area contributed by atoms with E-state index in [0.29, 0.717) is 12.2 Å². The van der Waals surface area contributed by atoms with E-state index in [2.05, 4.69) is 4.90 Å². The van der Waals surface area contributed by atoms with Gasteiger partial charge in [-0.1, -0.05) is 12.8 Å². The van der Waals surface area contributed by atoms with E-state index in [-0.39, 0.29) is 25.0 Å². The highest BCUT2D eigenvalue weighted by Gasteiger charge is 2.17. The van der Waals surface area contributed by atoms with Crippen molar-refractivity contribution in [1.29, 1.82) is 0 Å². The Balaban J connectivity index is 0.00000161. The number of hydrogen-bond acceptors (Lipinski definition) is 4. The second kappa shape index (κ2) is 7.66. The van der Waals surface area contributed by atoms with Crippen molar-refractivity contribution in [1.82, 2.24) is 4.90 Å². The number of Topliss-reactive ketones (excluding diaryl/α,β-unsaturated/α-hetero) is 1. The van der Waals surface area contributed by atoms with Gasteiger partial charge in [0.25, 0.3) is 0 Å². The van der Waals surface area contributed by atoms with Crippen LogP contribution in [0.25, 0.3) is 0 Å². The Morgan fingerprint density at radius 1 is 1.05 bits per heavy atom. The molecule has 0 bridgehead atoms. The minimum absolute atomic E-state index is 0. The number of benzene rings is 1. The van der Waals surface area contributed by atoms with Crippen LogP contribution in [-0.2, 0) is 0 Å². The second-order valence-corrected chi connectivity index (χ2v) is 5.50. The van der Waals surface area contributed by atoms with Gasteiger partial charge in [-0.15, -0.1) is 0 Å². The summed E-state index contributed by atoms with van der Waals surface area (Å²) in [5, 5.41) is 0. The molecule has 0 aliphatic carbocycles. The molecule has 0 saturated carbocycles. The average Bonchev–Trinajstić information content (AvgIpc) is 2.78. The zero-order valence-corrected chi connectivity index (χ0v) is 12.9. The van der Waals surface area contributed by atoms with Crippen LogP contribution in [0, 0.1) is 0 Å². The predicted octanol–water partition coefficient (Wildman–Crippen LogP) is -0.132. The molecule has 3 rings (SSSR count). The molecule has 0 spiro atoms. The number of ether oxygens (including phenoxy) is 2. The molecule has 21 heavy (non-hydrogen) atoms. The smallest absolute Gasteiger partial charge is 0.231 e. The first kappa shape index (κ1) is 16.1. The third-order valence-corrected chi connectivity index (χ3v) is 4.05. The minimum Gasteiger partial charge on any atom is -1.00 e. The van der Waals surface area contributed by atoms with Crippen LogP contribution >= 0.6 is 0 Å². The Hall–Kier alpha value is -1.26. The summed E-state index contributed by atoms with van der Waals surface area (Å²) >= 11 is 0. The van der Waals surface area contributed by atoms with Gasteiger partial charge in [0.15, 0.2) is 17.3 Å². The minimum atomic E-state index is 0. The second-order valence-electron chi connectivity index (χ2n) is 5.50. The normalized spacial score (nSPS) is 17.9. The monoisotopic (exact) mass is 310 g/mol. The molecule has 0 amide bonds. The van der Waals surface area contributed by atoms with Crippen LogP contribution in [0.1, 0.15) is 42.5 Å². The van der Waals surface area contributed by atoms with E-state index in [1.165, 1.54) is 25.7 Å². The van der Waals surface area contributed by atoms with Crippen molar-refractivity contribution < 1.29 is 26.7 Å². The molecular weight excluding hydrogens is 290 g/mol. The maximum absolute atomic E-state index is 12.3. The van der Waals surface area contributed by atoms with Crippen LogP contribution in [0.4, 0.5) is 0 Å². The number of hydrogen-bond donors (Lipinski definition) is 0. The Morgan fingerprint density at radius 2 is 1.76 bits per heavy atom. The van der Waals surface area contributed by atoms with Gasteiger partial charge >= 0.3 is 0 Å². The maximum atomic E-state index is 12.3. The average molecular weight is 311 g/mol. The van der Waals surface area contributed by atoms with E-state index in [4.69, 9.17) is 9.47 Å². The lowest BCUT2D eigenvalue weighted by Crippen LogP contribution is -3.00. The van der Waals surface area contributed by atoms with Crippen molar-refractivity contribution in [3.8, 4) is 11.5 Å². The first-order chi connectivity index (χ1) is 9.83. The molecule has 0 unspecified atom stereocenters. The Labute approximate surface area is 131 Å². The SMILES string of the molecule is O=C(CCN1CCCCCC1)c1ccc2c(c1)OCO2.[Cl-]. The molecule has 2 aliphatic heterocycles. The molecule has 4 nitrogen and oxygen atoms in total. The fraction of sp³-hybridized carbons (Fsp3) is 0.562. The number of carbonyl (C=O) groups is 1. The van der Waals surface area contributed by atoms with Crippen molar-refractivity contribution in [2.45, 2.75) is 32.1 Å². The summed E-state index contributed by atoms with van der Waals surface area (Å²) in [5.41, 5.74) is 0.726. The van der Waals surface area contributed by atoms with Gasteiger partial charge in [-0.3, -0.25) is 4.79 Å². The highest BCUT2D eigenvalue weighted by atomic mass is 35.5. The molecule has 2 aliphatic rings. The summed E-state index contributed by atoms with van der Waals surface area (Å²) in [4.78, 5) is 14.7. The van der Waals surface area contributed by atoms with E-state index in [1.54, 1.807) is 6.07 Å². The summed E-state index contributed by atoms with van der Waals surface area (Å²) < 4.78 is 10.6. The van der Waals surface area contributed by atoms with E-state index in [9.17, 15) is 4.79 Å². The summed E-state index contributed by atoms with van der Waals surface area (Å²) in [6.07, 6.45) is 5.76. The fourth-order valence-electron chi connectivity index (χ4n) is 2.83. The number of fused-ring (bicyclic) bond motifs is 1. The third-order valence-electron chi connectivity index (χ3n) is 4.05. The number of halogens is 1. The van der Waals surface area contributed by atoms with Crippen LogP contribution in [0.3, 0.4) is 0 Å². The molecule has 5 heteroatoms. The van der Waals surface area contributed by atoms with Gasteiger partial charge in [0.1, 0.15) is 0 Å². The predicted molar refractivity (Wildman–Crippen MR) is 76.4 cm³/mol. The topological polar surface area (TPSA) is 38.8 Å². The first-order valence-electron chi connectivity index (χ1n) is 7.48. The Bertz CT molecular complexity index is 484. The lowest BCUT2D eigenvalue weighted by Gasteiger charge is -2.18. The van der Waals surface area contributed by atoms with E-state index in [0.717, 1.165) is 30.9 Å². The lowest BCUT2D eigenvalue weighted by molar-refractivity contribution is -0.0000136. The highest BCUT2D eigenvalue weighted by Crippen LogP contribution is 2.32. The molecule has 0 radical (unpaired) electrons. The third kappa shape index (κ3) is 4.11. The molecule has 2 heterocycles. The van der Waals surface area contributed by atoms with Crippen molar-refractivity contribution >= 4 is 5.78 Å². The molecule has 0 aromatic heterocycles. The summed E-state index contributed by atoms with van der Waals surface area (Å²) in [7, 11) is 0. The Kier molecular flexibility index (Phi) is 5.88. The molecular formula is C16H21ClNO3-. The Morgan fingerprint density at radius 3 is 2.52 bits per heavy atom. The van der Waals surface area contributed by atoms with Crippen molar-refractivity contribution in [2.75, 3.05) is 26.4 Å². The van der Waals surface area contributed by atoms with Gasteiger partial charge < -0.3 is 26.8 Å². The van der Waals surface area contributed by atoms with Gasteiger partial charge in [0.2, 0.25) is 6.79 Å². The zero-order chi connectivity index (χ0) is 13.8. The molecule has 1 fully saturated rings. The molecule has 116 valence electrons. The zero-order valence-electron chi connectivity index (χ0n) is 12.1. The van der Waals surface area contributed by atoms with Gasteiger partial charge in [-0.2, -0.15) is 0 Å². The summed E-state index contributed by atoms with van der Waals surface area (Å²) in [6, 6.07) is 5.45. The van der Waals surface area contributed by atoms with Crippen molar-refractivity contribution in [2.24, 2.45) is 0 Å². The largest absolute Gasteiger partial charge is 1.00 e. The summed E-state index contributed by atoms with van der Waals surface area (Å²) in [5.74, 6) is 1.60. The number of ketones is 1. The number of nitrogens with zero attached hydrogens (tertiary/aromatic N) is 1. The number of carbonyl (C=O) groups excluding carboxylic acids is 1. The molecule has 1 saturated heterocycles. The number of rotatable bonds is 4. The maximum Gasteiger partial charge on any atom is 0.231 e. The van der Waals surface area contributed by atoms with Gasteiger partial charge in [0.05, 0.1) is 0 Å². The first-order valence-corrected chi connectivity index (χ1v) is 7.48. The summed E-state index contributed by atoms with van der Waals surface area (Å²) in [6.45, 7) is 3.39. The molecule has 1 aromatic carbocycles. The number of likely N-dealkylation sites (tertiary alicyclic amines) is 1. The van der Waals surface area contributed by atoms with Crippen LogP contribution in [-0.4, -0.2) is 37.1 Å². The quantitative estimate of drug-likeness (QED) is 0.726. The van der Waals surface area contributed by atoms with Crippen molar-refractivity contribution in [3.63, 3.8) is 0 Å². The van der Waals surface area contributed by atoms with E-state index in [1.807, 2.05) is 12.1 Å². The molecule has 0 atom stereocenters. The highest BCUT2D eigenvalue weighted by molar-refractivity contribution is 5.96. The van der Waals surface area contributed by atoms with Gasteiger partial charge in [-0.25, -0.2) is 0 Å². The van der Waals surface area contributed by atoms with E-state index >= 15 is 0 Å². The van der Waals surface area contributed by atoms with Crippen LogP contribution < -0.4 is 21.9 Å².